The van der Waals surface area contributed by atoms with Gasteiger partial charge in [-0.15, -0.1) is 6.58 Å². The number of rotatable bonds is 19. The minimum atomic E-state index is -2.24. The Hall–Kier alpha value is -3.39. The van der Waals surface area contributed by atoms with Crippen molar-refractivity contribution in [3.8, 4) is 11.5 Å². The van der Waals surface area contributed by atoms with Crippen LogP contribution in [0.4, 0.5) is 0 Å². The van der Waals surface area contributed by atoms with Gasteiger partial charge in [-0.05, 0) is 73.6 Å². The van der Waals surface area contributed by atoms with E-state index in [0.717, 1.165) is 36.1 Å². The number of epoxide rings is 1. The molecule has 0 saturated carbocycles. The molecule has 3 rings (SSSR count). The summed E-state index contributed by atoms with van der Waals surface area (Å²) in [5.74, 6) is 0.978. The summed E-state index contributed by atoms with van der Waals surface area (Å²) in [5, 5.41) is -0.0355. The third-order valence-electron chi connectivity index (χ3n) is 8.52. The lowest BCUT2D eigenvalue weighted by Crippen LogP contribution is -2.44. The van der Waals surface area contributed by atoms with E-state index >= 15 is 0 Å². The highest BCUT2D eigenvalue weighted by atomic mass is 28.4. The number of allylic oxidation sites excluding steroid dienone is 5. The lowest BCUT2D eigenvalue weighted by Gasteiger charge is -2.37. The fourth-order valence-electron chi connectivity index (χ4n) is 4.64. The summed E-state index contributed by atoms with van der Waals surface area (Å²) in [5.41, 5.74) is 2.26. The van der Waals surface area contributed by atoms with Crippen LogP contribution in [0.3, 0.4) is 0 Å². The molecule has 250 valence electrons. The summed E-state index contributed by atoms with van der Waals surface area (Å²) in [6.45, 7) is 17.6. The zero-order valence-electron chi connectivity index (χ0n) is 28.9. The molecule has 1 saturated heterocycles. The van der Waals surface area contributed by atoms with Crippen LogP contribution < -0.4 is 9.16 Å². The van der Waals surface area contributed by atoms with Crippen molar-refractivity contribution in [3.05, 3.63) is 102 Å². The van der Waals surface area contributed by atoms with E-state index in [0.29, 0.717) is 37.4 Å². The molecule has 46 heavy (non-hydrogen) atoms. The van der Waals surface area contributed by atoms with Crippen molar-refractivity contribution in [3.63, 3.8) is 0 Å². The summed E-state index contributed by atoms with van der Waals surface area (Å²) in [4.78, 5) is 14.1. The van der Waals surface area contributed by atoms with Gasteiger partial charge in [-0.1, -0.05) is 87.6 Å². The number of hydrogen-bond acceptors (Lipinski definition) is 6. The van der Waals surface area contributed by atoms with Crippen LogP contribution in [0.5, 0.6) is 11.5 Å². The Bertz CT molecular complexity index is 1340. The van der Waals surface area contributed by atoms with Gasteiger partial charge in [0.25, 0.3) is 8.32 Å². The minimum Gasteiger partial charge on any atom is -0.543 e. The van der Waals surface area contributed by atoms with Crippen LogP contribution in [0.1, 0.15) is 81.3 Å². The molecule has 0 bridgehead atoms. The van der Waals surface area contributed by atoms with Crippen molar-refractivity contribution in [2.24, 2.45) is 0 Å². The van der Waals surface area contributed by atoms with Crippen molar-refractivity contribution in [1.29, 1.82) is 0 Å². The third-order valence-corrected chi connectivity index (χ3v) is 12.9. The van der Waals surface area contributed by atoms with Crippen LogP contribution in [0.15, 0.2) is 85.5 Å². The van der Waals surface area contributed by atoms with E-state index in [1.54, 1.807) is 7.11 Å². The first-order valence-corrected chi connectivity index (χ1v) is 19.4. The normalized spacial score (nSPS) is 17.5. The highest BCUT2D eigenvalue weighted by Gasteiger charge is 2.41. The fraction of sp³-hybridized carbons (Fsp3) is 0.462. The van der Waals surface area contributed by atoms with Gasteiger partial charge in [-0.2, -0.15) is 0 Å². The summed E-state index contributed by atoms with van der Waals surface area (Å²) >= 11 is 0. The molecule has 3 atom stereocenters. The summed E-state index contributed by atoms with van der Waals surface area (Å²) < 4.78 is 30.3. The largest absolute Gasteiger partial charge is 0.543 e. The Kier molecular flexibility index (Phi) is 14.6. The molecule has 6 nitrogen and oxygen atoms in total. The number of methoxy groups -OCH3 is 1. The van der Waals surface area contributed by atoms with Crippen molar-refractivity contribution in [1.82, 2.24) is 0 Å². The van der Waals surface area contributed by atoms with Crippen LogP contribution in [-0.4, -0.2) is 46.3 Å². The number of carbonyl (C=O) groups excluding carboxylic acids is 1. The predicted molar refractivity (Wildman–Crippen MR) is 191 cm³/mol. The average molecular weight is 647 g/mol. The van der Waals surface area contributed by atoms with Gasteiger partial charge in [0, 0.05) is 12.8 Å². The number of benzene rings is 2. The Balaban J connectivity index is 1.79. The smallest absolute Gasteiger partial charge is 0.342 e. The van der Waals surface area contributed by atoms with E-state index in [4.69, 9.17) is 23.4 Å². The molecule has 0 N–H and O–H groups in total. The van der Waals surface area contributed by atoms with E-state index in [1.165, 1.54) is 0 Å². The van der Waals surface area contributed by atoms with Crippen LogP contribution >= 0.6 is 0 Å². The molecule has 0 spiro atoms. The number of carbonyl (C=O) groups is 1. The summed E-state index contributed by atoms with van der Waals surface area (Å²) in [6, 6.07) is 13.6. The first-order chi connectivity index (χ1) is 22.0. The molecule has 1 aliphatic heterocycles. The van der Waals surface area contributed by atoms with Gasteiger partial charge in [-0.25, -0.2) is 4.79 Å². The molecule has 1 fully saturated rings. The molecule has 1 aliphatic rings. The number of hydrogen-bond donors (Lipinski definition) is 0. The Morgan fingerprint density at radius 2 is 1.85 bits per heavy atom. The van der Waals surface area contributed by atoms with Crippen molar-refractivity contribution in [2.75, 3.05) is 13.7 Å². The maximum absolute atomic E-state index is 14.1. The van der Waals surface area contributed by atoms with Crippen molar-refractivity contribution >= 4 is 20.4 Å². The van der Waals surface area contributed by atoms with Gasteiger partial charge >= 0.3 is 5.97 Å². The van der Waals surface area contributed by atoms with Crippen LogP contribution in [0.2, 0.25) is 18.1 Å². The molecule has 0 amide bonds. The maximum atomic E-state index is 14.1. The fourth-order valence-corrected chi connectivity index (χ4v) is 5.66. The molecule has 7 heteroatoms. The van der Waals surface area contributed by atoms with Gasteiger partial charge in [-0.3, -0.25) is 0 Å². The predicted octanol–water partition coefficient (Wildman–Crippen LogP) is 9.87. The lowest BCUT2D eigenvalue weighted by molar-refractivity contribution is 0.0124. The second-order valence-corrected chi connectivity index (χ2v) is 17.9. The highest BCUT2D eigenvalue weighted by molar-refractivity contribution is 6.74. The number of unbranched alkanes of at least 4 members (excludes halogenated alkanes) is 2. The van der Waals surface area contributed by atoms with Crippen molar-refractivity contribution in [2.45, 2.75) is 103 Å². The molecular weight excluding hydrogens is 593 g/mol. The molecule has 2 aromatic carbocycles. The van der Waals surface area contributed by atoms with Crippen molar-refractivity contribution < 1.29 is 28.2 Å². The lowest BCUT2D eigenvalue weighted by atomic mass is 10.0. The molecule has 2 aromatic rings. The van der Waals surface area contributed by atoms with Crippen LogP contribution in [0.25, 0.3) is 6.08 Å². The van der Waals surface area contributed by atoms with E-state index in [-0.39, 0.29) is 23.4 Å². The average Bonchev–Trinajstić information content (AvgIpc) is 3.76. The molecule has 0 aliphatic carbocycles. The second kappa shape index (κ2) is 18.1. The molecule has 0 aromatic heterocycles. The zero-order chi connectivity index (χ0) is 33.6. The first-order valence-electron chi connectivity index (χ1n) is 16.4. The third kappa shape index (κ3) is 11.8. The van der Waals surface area contributed by atoms with E-state index in [2.05, 4.69) is 52.6 Å². The van der Waals surface area contributed by atoms with Gasteiger partial charge < -0.3 is 23.4 Å². The van der Waals surface area contributed by atoms with E-state index in [9.17, 15) is 4.79 Å². The summed E-state index contributed by atoms with van der Waals surface area (Å²) in [7, 11) is -0.590. The highest BCUT2D eigenvalue weighted by Crippen LogP contribution is 2.39. The molecule has 1 heterocycles. The SMILES string of the molecule is C=CCCC/C=C\[C@H]1O[C@H]1C[C@H](CCOCc1ccc(OC)cc1)OC(=O)c1c(/C=C/C=C\C)cccc1O[Si](C)(C)C(C)(C)C. The molecule has 0 unspecified atom stereocenters. The van der Waals surface area contributed by atoms with E-state index < -0.39 is 14.3 Å². The van der Waals surface area contributed by atoms with Gasteiger partial charge in [0.15, 0.2) is 0 Å². The quantitative estimate of drug-likeness (QED) is 0.0378. The number of ether oxygens (including phenoxy) is 4. The minimum absolute atomic E-state index is 0.00262. The Morgan fingerprint density at radius 1 is 1.09 bits per heavy atom. The molecule has 0 radical (unpaired) electrons. The first kappa shape index (κ1) is 37.1. The van der Waals surface area contributed by atoms with E-state index in [1.807, 2.05) is 79.8 Å². The second-order valence-electron chi connectivity index (χ2n) is 13.2. The Morgan fingerprint density at radius 3 is 2.52 bits per heavy atom. The monoisotopic (exact) mass is 646 g/mol. The zero-order valence-corrected chi connectivity index (χ0v) is 29.9. The van der Waals surface area contributed by atoms with Gasteiger partial charge in [0.1, 0.15) is 29.3 Å². The van der Waals surface area contributed by atoms with Gasteiger partial charge in [0.2, 0.25) is 0 Å². The maximum Gasteiger partial charge on any atom is 0.342 e. The summed E-state index contributed by atoms with van der Waals surface area (Å²) in [6.07, 6.45) is 17.8. The van der Waals surface area contributed by atoms with Crippen LogP contribution in [0, 0.1) is 0 Å². The molecular formula is C39H54O6Si. The van der Waals surface area contributed by atoms with Gasteiger partial charge in [0.05, 0.1) is 26.4 Å². The standard InChI is InChI=1S/C39H54O6Si/c1-9-11-13-14-16-20-34-36(44-34)28-33(26-27-42-29-30-22-24-32(41-6)25-23-30)43-38(40)37-31(18-15-12-10-2)19-17-21-35(37)45-46(7,8)39(3,4)5/h9-10,12,15-25,33-34,36H,1,11,13-14,26-29H2,2-8H3/b12-10-,18-15+,20-16-/t33-,34+,36-/m0/s1. The topological polar surface area (TPSA) is 66.5 Å². The number of esters is 1. The Labute approximate surface area is 278 Å². The van der Waals surface area contributed by atoms with Crippen LogP contribution in [-0.2, 0) is 20.8 Å².